The van der Waals surface area contributed by atoms with Crippen LogP contribution in [-0.2, 0) is 11.2 Å². The minimum atomic E-state index is 0. The average Bonchev–Trinajstić information content (AvgIpc) is 2.87. The quantitative estimate of drug-likeness (QED) is 0.447. The lowest BCUT2D eigenvalue weighted by Gasteiger charge is -2.51. The summed E-state index contributed by atoms with van der Waals surface area (Å²) in [6.45, 7) is 5.13. The van der Waals surface area contributed by atoms with Crippen LogP contribution >= 0.6 is 35.3 Å². The van der Waals surface area contributed by atoms with Gasteiger partial charge >= 0.3 is 0 Å². The molecule has 1 aliphatic carbocycles. The van der Waals surface area contributed by atoms with E-state index in [2.05, 4.69) is 41.7 Å². The number of nitrogens with one attached hydrogen (secondary N) is 1. The number of methoxy groups -OCH3 is 1. The van der Waals surface area contributed by atoms with E-state index in [0.29, 0.717) is 18.1 Å². The number of rotatable bonds is 5. The van der Waals surface area contributed by atoms with Gasteiger partial charge in [0.1, 0.15) is 0 Å². The molecular weight excluding hydrogens is 385 g/mol. The Morgan fingerprint density at radius 3 is 2.90 bits per heavy atom. The Morgan fingerprint density at radius 1 is 1.60 bits per heavy atom. The van der Waals surface area contributed by atoms with E-state index in [1.54, 1.807) is 18.4 Å². The fraction of sp³-hybridized carbons (Fsp3) is 0.643. The van der Waals surface area contributed by atoms with Crippen molar-refractivity contribution in [3.63, 3.8) is 0 Å². The van der Waals surface area contributed by atoms with Crippen LogP contribution in [0, 0.1) is 5.41 Å². The Kier molecular flexibility index (Phi) is 6.74. The number of nitrogens with two attached hydrogens (primary N) is 1. The molecule has 0 aliphatic heterocycles. The van der Waals surface area contributed by atoms with Gasteiger partial charge in [0.05, 0.1) is 6.10 Å². The standard InChI is InChI=1S/C14H23N3OS.HI/c1-14(2)11(9-12(14)18-3)17-13(15)16-7-6-10-5-4-8-19-10;/h4-5,8,11-12H,6-7,9H2,1-3H3,(H3,15,16,17);1H. The number of hydrogen-bond donors (Lipinski definition) is 2. The molecule has 1 aromatic heterocycles. The fourth-order valence-corrected chi connectivity index (χ4v) is 3.19. The zero-order chi connectivity index (χ0) is 13.9. The molecule has 114 valence electrons. The first kappa shape index (κ1) is 17.7. The Balaban J connectivity index is 0.00000200. The molecule has 2 atom stereocenters. The zero-order valence-corrected chi connectivity index (χ0v) is 15.4. The van der Waals surface area contributed by atoms with Gasteiger partial charge in [-0.15, -0.1) is 35.3 Å². The number of guanidine groups is 1. The number of aliphatic imine (C=N–C) groups is 1. The van der Waals surface area contributed by atoms with E-state index < -0.39 is 0 Å². The Hall–Kier alpha value is -0.340. The smallest absolute Gasteiger partial charge is 0.188 e. The topological polar surface area (TPSA) is 59.6 Å². The highest BCUT2D eigenvalue weighted by Crippen LogP contribution is 2.42. The molecule has 0 amide bonds. The molecule has 3 N–H and O–H groups in total. The second-order valence-electron chi connectivity index (χ2n) is 5.57. The maximum absolute atomic E-state index is 5.93. The lowest BCUT2D eigenvalue weighted by Crippen LogP contribution is -2.62. The first-order valence-electron chi connectivity index (χ1n) is 6.65. The Labute approximate surface area is 142 Å². The zero-order valence-electron chi connectivity index (χ0n) is 12.3. The molecule has 1 heterocycles. The van der Waals surface area contributed by atoms with E-state index in [4.69, 9.17) is 10.5 Å². The predicted octanol–water partition coefficient (Wildman–Crippen LogP) is 2.63. The number of hydrogen-bond acceptors (Lipinski definition) is 3. The van der Waals surface area contributed by atoms with Crippen molar-refractivity contribution in [1.29, 1.82) is 0 Å². The summed E-state index contributed by atoms with van der Waals surface area (Å²) in [6, 6.07) is 4.54. The predicted molar refractivity (Wildman–Crippen MR) is 96.0 cm³/mol. The van der Waals surface area contributed by atoms with Gasteiger partial charge in [0.25, 0.3) is 0 Å². The van der Waals surface area contributed by atoms with Gasteiger partial charge < -0.3 is 15.8 Å². The van der Waals surface area contributed by atoms with E-state index in [1.807, 2.05) is 0 Å². The average molecular weight is 409 g/mol. The third-order valence-electron chi connectivity index (χ3n) is 4.00. The van der Waals surface area contributed by atoms with Gasteiger partial charge in [-0.1, -0.05) is 19.9 Å². The summed E-state index contributed by atoms with van der Waals surface area (Å²) in [5, 5.41) is 5.39. The molecule has 1 fully saturated rings. The van der Waals surface area contributed by atoms with Crippen molar-refractivity contribution in [3.05, 3.63) is 22.4 Å². The molecular formula is C14H24IN3OS. The lowest BCUT2D eigenvalue weighted by molar-refractivity contribution is -0.0921. The molecule has 0 aromatic carbocycles. The second-order valence-corrected chi connectivity index (χ2v) is 6.61. The fourth-order valence-electron chi connectivity index (χ4n) is 2.50. The van der Waals surface area contributed by atoms with Gasteiger partial charge in [0.15, 0.2) is 5.96 Å². The van der Waals surface area contributed by atoms with Crippen LogP contribution in [-0.4, -0.2) is 31.8 Å². The van der Waals surface area contributed by atoms with Crippen LogP contribution in [0.1, 0.15) is 25.1 Å². The van der Waals surface area contributed by atoms with Crippen LogP contribution in [0.5, 0.6) is 0 Å². The van der Waals surface area contributed by atoms with Crippen LogP contribution in [0.3, 0.4) is 0 Å². The molecule has 2 unspecified atom stereocenters. The SMILES string of the molecule is COC1CC(NC(N)=NCCc2cccs2)C1(C)C.I. The molecule has 0 spiro atoms. The van der Waals surface area contributed by atoms with Crippen LogP contribution in [0.4, 0.5) is 0 Å². The summed E-state index contributed by atoms with van der Waals surface area (Å²) in [6.07, 6.45) is 2.25. The summed E-state index contributed by atoms with van der Waals surface area (Å²) in [5.41, 5.74) is 6.05. The third kappa shape index (κ3) is 4.08. The summed E-state index contributed by atoms with van der Waals surface area (Å²) < 4.78 is 5.42. The molecule has 0 radical (unpaired) electrons. The number of halogens is 1. The molecule has 20 heavy (non-hydrogen) atoms. The van der Waals surface area contributed by atoms with Crippen molar-refractivity contribution in [2.24, 2.45) is 16.1 Å². The van der Waals surface area contributed by atoms with Gasteiger partial charge in [-0.25, -0.2) is 0 Å². The number of nitrogens with zero attached hydrogens (tertiary/aromatic N) is 1. The van der Waals surface area contributed by atoms with Gasteiger partial charge in [0.2, 0.25) is 0 Å². The molecule has 4 nitrogen and oxygen atoms in total. The normalized spacial score (nSPS) is 24.6. The van der Waals surface area contributed by atoms with Gasteiger partial charge in [0, 0.05) is 36.4 Å². The Morgan fingerprint density at radius 2 is 2.35 bits per heavy atom. The number of ether oxygens (including phenoxy) is 1. The molecule has 0 saturated heterocycles. The van der Waals surface area contributed by atoms with Gasteiger partial charge in [-0.2, -0.15) is 0 Å². The molecule has 6 heteroatoms. The van der Waals surface area contributed by atoms with Crippen LogP contribution in [0.15, 0.2) is 22.5 Å². The number of thiophene rings is 1. The van der Waals surface area contributed by atoms with E-state index in [-0.39, 0.29) is 29.4 Å². The molecule has 1 saturated carbocycles. The maximum Gasteiger partial charge on any atom is 0.188 e. The van der Waals surface area contributed by atoms with Gasteiger partial charge in [-0.05, 0) is 17.9 Å². The lowest BCUT2D eigenvalue weighted by atomic mass is 9.64. The molecule has 2 rings (SSSR count). The first-order valence-corrected chi connectivity index (χ1v) is 7.53. The van der Waals surface area contributed by atoms with Crippen LogP contribution in [0.25, 0.3) is 0 Å². The van der Waals surface area contributed by atoms with Crippen molar-refractivity contribution in [2.75, 3.05) is 13.7 Å². The summed E-state index contributed by atoms with van der Waals surface area (Å²) in [4.78, 5) is 5.73. The van der Waals surface area contributed by atoms with Crippen molar-refractivity contribution < 1.29 is 4.74 Å². The maximum atomic E-state index is 5.93. The van der Waals surface area contributed by atoms with Crippen LogP contribution in [0.2, 0.25) is 0 Å². The second kappa shape index (κ2) is 7.61. The van der Waals surface area contributed by atoms with Crippen molar-refractivity contribution in [3.8, 4) is 0 Å². The minimum Gasteiger partial charge on any atom is -0.381 e. The van der Waals surface area contributed by atoms with Crippen molar-refractivity contribution >= 4 is 41.3 Å². The summed E-state index contributed by atoms with van der Waals surface area (Å²) in [5.74, 6) is 0.546. The highest BCUT2D eigenvalue weighted by molar-refractivity contribution is 14.0. The Bertz CT molecular complexity index is 434. The van der Waals surface area contributed by atoms with Crippen molar-refractivity contribution in [2.45, 2.75) is 38.8 Å². The largest absolute Gasteiger partial charge is 0.381 e. The van der Waals surface area contributed by atoms with E-state index in [9.17, 15) is 0 Å². The summed E-state index contributed by atoms with van der Waals surface area (Å²) >= 11 is 1.76. The third-order valence-corrected chi connectivity index (χ3v) is 4.94. The van der Waals surface area contributed by atoms with E-state index in [0.717, 1.165) is 19.4 Å². The molecule has 0 bridgehead atoms. The van der Waals surface area contributed by atoms with Crippen LogP contribution < -0.4 is 11.1 Å². The van der Waals surface area contributed by atoms with E-state index in [1.165, 1.54) is 4.88 Å². The van der Waals surface area contributed by atoms with E-state index >= 15 is 0 Å². The molecule has 1 aromatic rings. The van der Waals surface area contributed by atoms with Crippen molar-refractivity contribution in [1.82, 2.24) is 5.32 Å². The summed E-state index contributed by atoms with van der Waals surface area (Å²) in [7, 11) is 1.76. The highest BCUT2D eigenvalue weighted by atomic mass is 127. The first-order chi connectivity index (χ1) is 9.04. The minimum absolute atomic E-state index is 0. The van der Waals surface area contributed by atoms with Gasteiger partial charge in [-0.3, -0.25) is 4.99 Å². The molecule has 1 aliphatic rings. The highest BCUT2D eigenvalue weighted by Gasteiger charge is 2.48. The monoisotopic (exact) mass is 409 g/mol.